The molecule has 0 aliphatic carbocycles. The highest BCUT2D eigenvalue weighted by atomic mass is 32.2. The quantitative estimate of drug-likeness (QED) is 0.776. The van der Waals surface area contributed by atoms with Crippen LogP contribution in [0.5, 0.6) is 0 Å². The van der Waals surface area contributed by atoms with Crippen LogP contribution in [0.25, 0.3) is 11.1 Å². The third-order valence-electron chi connectivity index (χ3n) is 2.64. The molecule has 0 amide bonds. The molecule has 2 rings (SSSR count). The predicted octanol–water partition coefficient (Wildman–Crippen LogP) is 4.04. The Kier molecular flexibility index (Phi) is 4.01. The van der Waals surface area contributed by atoms with E-state index in [1.54, 1.807) is 18.0 Å². The van der Waals surface area contributed by atoms with Crippen molar-refractivity contribution in [3.8, 4) is 17.2 Å². The summed E-state index contributed by atoms with van der Waals surface area (Å²) in [6.45, 7) is 4.14. The molecule has 90 valence electrons. The van der Waals surface area contributed by atoms with Gasteiger partial charge in [0.15, 0.2) is 5.69 Å². The van der Waals surface area contributed by atoms with Crippen molar-refractivity contribution in [1.29, 1.82) is 5.26 Å². The van der Waals surface area contributed by atoms with E-state index in [4.69, 9.17) is 5.26 Å². The van der Waals surface area contributed by atoms with Crippen LogP contribution >= 0.6 is 11.8 Å². The van der Waals surface area contributed by atoms with Crippen LogP contribution < -0.4 is 0 Å². The molecule has 0 saturated heterocycles. The number of pyridine rings is 1. The number of benzene rings is 1. The van der Waals surface area contributed by atoms with Crippen LogP contribution in [-0.2, 0) is 0 Å². The van der Waals surface area contributed by atoms with E-state index in [1.165, 1.54) is 5.56 Å². The summed E-state index contributed by atoms with van der Waals surface area (Å²) >= 11 is 1.65. The topological polar surface area (TPSA) is 36.7 Å². The number of rotatable bonds is 3. The van der Waals surface area contributed by atoms with Crippen molar-refractivity contribution in [3.05, 3.63) is 47.8 Å². The molecule has 0 bridgehead atoms. The average Bonchev–Trinajstić information content (AvgIpc) is 2.40. The predicted molar refractivity (Wildman–Crippen MR) is 75.5 cm³/mol. The number of hydrogen-bond donors (Lipinski definition) is 0. The van der Waals surface area contributed by atoms with Gasteiger partial charge in [0.1, 0.15) is 6.07 Å². The van der Waals surface area contributed by atoms with Crippen LogP contribution in [0.3, 0.4) is 0 Å². The lowest BCUT2D eigenvalue weighted by molar-refractivity contribution is 1.18. The number of aryl methyl sites for hydroxylation is 1. The molecule has 1 aromatic heterocycles. The van der Waals surface area contributed by atoms with Gasteiger partial charge in [0, 0.05) is 16.7 Å². The fourth-order valence-electron chi connectivity index (χ4n) is 1.70. The number of hydrogen-bond acceptors (Lipinski definition) is 3. The Labute approximate surface area is 112 Å². The SMILES string of the molecule is CCSc1cc(-c2ccc(C)cc2)cnc1C#N. The molecule has 2 aromatic rings. The molecule has 0 aliphatic heterocycles. The van der Waals surface area contributed by atoms with Crippen LogP contribution in [0.15, 0.2) is 41.4 Å². The minimum Gasteiger partial charge on any atom is -0.244 e. The Morgan fingerprint density at radius 3 is 2.56 bits per heavy atom. The molecule has 18 heavy (non-hydrogen) atoms. The van der Waals surface area contributed by atoms with E-state index in [0.29, 0.717) is 5.69 Å². The maximum Gasteiger partial charge on any atom is 0.154 e. The maximum absolute atomic E-state index is 9.02. The summed E-state index contributed by atoms with van der Waals surface area (Å²) < 4.78 is 0. The van der Waals surface area contributed by atoms with Crippen LogP contribution in [-0.4, -0.2) is 10.7 Å². The summed E-state index contributed by atoms with van der Waals surface area (Å²) in [6, 6.07) is 12.5. The minimum absolute atomic E-state index is 0.512. The average molecular weight is 254 g/mol. The normalized spacial score (nSPS) is 10.1. The first-order valence-corrected chi connectivity index (χ1v) is 6.83. The van der Waals surface area contributed by atoms with Crippen molar-refractivity contribution < 1.29 is 0 Å². The number of aromatic nitrogens is 1. The highest BCUT2D eigenvalue weighted by molar-refractivity contribution is 7.99. The van der Waals surface area contributed by atoms with Crippen molar-refractivity contribution in [2.45, 2.75) is 18.7 Å². The fourth-order valence-corrected chi connectivity index (χ4v) is 2.45. The lowest BCUT2D eigenvalue weighted by Gasteiger charge is -2.06. The van der Waals surface area contributed by atoms with Crippen LogP contribution in [0, 0.1) is 18.3 Å². The van der Waals surface area contributed by atoms with Gasteiger partial charge in [-0.05, 0) is 24.3 Å². The monoisotopic (exact) mass is 254 g/mol. The maximum atomic E-state index is 9.02. The Morgan fingerprint density at radius 1 is 1.22 bits per heavy atom. The van der Waals surface area contributed by atoms with Gasteiger partial charge in [0.25, 0.3) is 0 Å². The van der Waals surface area contributed by atoms with E-state index in [9.17, 15) is 0 Å². The second-order valence-corrected chi connectivity index (χ2v) is 5.29. The molecule has 3 heteroatoms. The molecule has 1 heterocycles. The first-order chi connectivity index (χ1) is 8.74. The number of nitrogens with zero attached hydrogens (tertiary/aromatic N) is 2. The highest BCUT2D eigenvalue weighted by Gasteiger charge is 2.06. The second kappa shape index (κ2) is 5.70. The van der Waals surface area contributed by atoms with E-state index in [1.807, 2.05) is 6.07 Å². The van der Waals surface area contributed by atoms with Gasteiger partial charge >= 0.3 is 0 Å². The zero-order valence-corrected chi connectivity index (χ0v) is 11.3. The van der Waals surface area contributed by atoms with Gasteiger partial charge in [-0.1, -0.05) is 36.8 Å². The minimum atomic E-state index is 0.512. The summed E-state index contributed by atoms with van der Waals surface area (Å²) in [7, 11) is 0. The van der Waals surface area contributed by atoms with E-state index in [2.05, 4.69) is 49.2 Å². The molecule has 1 aromatic carbocycles. The van der Waals surface area contributed by atoms with E-state index in [-0.39, 0.29) is 0 Å². The third kappa shape index (κ3) is 2.72. The lowest BCUT2D eigenvalue weighted by atomic mass is 10.1. The number of nitriles is 1. The molecule has 0 N–H and O–H groups in total. The van der Waals surface area contributed by atoms with Crippen LogP contribution in [0.2, 0.25) is 0 Å². The molecular weight excluding hydrogens is 240 g/mol. The summed E-state index contributed by atoms with van der Waals surface area (Å²) in [5, 5.41) is 9.02. The van der Waals surface area contributed by atoms with Gasteiger partial charge in [-0.15, -0.1) is 11.8 Å². The van der Waals surface area contributed by atoms with Crippen LogP contribution in [0.1, 0.15) is 18.2 Å². The molecule has 0 saturated carbocycles. The molecule has 0 aliphatic rings. The van der Waals surface area contributed by atoms with Crippen molar-refractivity contribution in [2.75, 3.05) is 5.75 Å². The second-order valence-electron chi connectivity index (χ2n) is 3.98. The fraction of sp³-hybridized carbons (Fsp3) is 0.200. The van der Waals surface area contributed by atoms with Crippen molar-refractivity contribution in [1.82, 2.24) is 4.98 Å². The standard InChI is InChI=1S/C15H14N2S/c1-3-18-15-8-13(10-17-14(15)9-16)12-6-4-11(2)5-7-12/h4-8,10H,3H2,1-2H3. The Bertz CT molecular complexity index is 582. The van der Waals surface area contributed by atoms with Gasteiger partial charge in [0.2, 0.25) is 0 Å². The number of thioether (sulfide) groups is 1. The summed E-state index contributed by atoms with van der Waals surface area (Å²) in [4.78, 5) is 5.19. The zero-order valence-electron chi connectivity index (χ0n) is 10.5. The van der Waals surface area contributed by atoms with E-state index >= 15 is 0 Å². The summed E-state index contributed by atoms with van der Waals surface area (Å²) in [5.74, 6) is 0.938. The third-order valence-corrected chi connectivity index (χ3v) is 3.55. The summed E-state index contributed by atoms with van der Waals surface area (Å²) in [5.41, 5.74) is 3.95. The van der Waals surface area contributed by atoms with E-state index < -0.39 is 0 Å². The first kappa shape index (κ1) is 12.7. The van der Waals surface area contributed by atoms with Crippen LogP contribution in [0.4, 0.5) is 0 Å². The van der Waals surface area contributed by atoms with Crippen molar-refractivity contribution in [3.63, 3.8) is 0 Å². The Hall–Kier alpha value is -1.79. The van der Waals surface area contributed by atoms with Gasteiger partial charge in [0.05, 0.1) is 0 Å². The Morgan fingerprint density at radius 2 is 1.94 bits per heavy atom. The molecule has 0 radical (unpaired) electrons. The summed E-state index contributed by atoms with van der Waals surface area (Å²) in [6.07, 6.45) is 1.77. The smallest absolute Gasteiger partial charge is 0.154 e. The van der Waals surface area contributed by atoms with Gasteiger partial charge in [-0.2, -0.15) is 5.26 Å². The Balaban J connectivity index is 2.43. The van der Waals surface area contributed by atoms with Gasteiger partial charge in [-0.3, -0.25) is 0 Å². The molecule has 0 unspecified atom stereocenters. The molecule has 2 nitrogen and oxygen atoms in total. The van der Waals surface area contributed by atoms with Crippen molar-refractivity contribution >= 4 is 11.8 Å². The molecule has 0 spiro atoms. The molecule has 0 fully saturated rings. The van der Waals surface area contributed by atoms with Gasteiger partial charge < -0.3 is 0 Å². The van der Waals surface area contributed by atoms with E-state index in [0.717, 1.165) is 21.8 Å². The molecular formula is C15H14N2S. The lowest BCUT2D eigenvalue weighted by Crippen LogP contribution is -1.89. The highest BCUT2D eigenvalue weighted by Crippen LogP contribution is 2.27. The van der Waals surface area contributed by atoms with Crippen molar-refractivity contribution in [2.24, 2.45) is 0 Å². The largest absolute Gasteiger partial charge is 0.244 e. The zero-order chi connectivity index (χ0) is 13.0. The van der Waals surface area contributed by atoms with Gasteiger partial charge in [-0.25, -0.2) is 4.98 Å². The first-order valence-electron chi connectivity index (χ1n) is 5.84. The molecule has 0 atom stereocenters.